The molecule has 0 heterocycles. The molecule has 0 saturated heterocycles. The van der Waals surface area contributed by atoms with Crippen LogP contribution in [-0.2, 0) is 4.79 Å². The van der Waals surface area contributed by atoms with Gasteiger partial charge in [-0.15, -0.1) is 0 Å². The zero-order valence-electron chi connectivity index (χ0n) is 20.5. The van der Waals surface area contributed by atoms with E-state index in [4.69, 9.17) is 5.11 Å². The van der Waals surface area contributed by atoms with Crippen LogP contribution in [0.1, 0.15) is 121 Å². The highest BCUT2D eigenvalue weighted by molar-refractivity contribution is 5.76. The molecule has 1 rings (SSSR count). The summed E-state index contributed by atoms with van der Waals surface area (Å²) >= 11 is 0. The van der Waals surface area contributed by atoms with E-state index >= 15 is 0 Å². The van der Waals surface area contributed by atoms with Crippen LogP contribution in [0.3, 0.4) is 0 Å². The summed E-state index contributed by atoms with van der Waals surface area (Å²) in [4.78, 5) is 11.3. The average Bonchev–Trinajstić information content (AvgIpc) is 3.53. The third kappa shape index (κ3) is 44.4. The van der Waals surface area contributed by atoms with Crippen LogP contribution in [0.25, 0.3) is 0 Å². The first kappa shape index (κ1) is 34.4. The lowest BCUT2D eigenvalue weighted by molar-refractivity contribution is -0.121. The Morgan fingerprint density at radius 2 is 1.43 bits per heavy atom. The first-order valence-corrected chi connectivity index (χ1v) is 11.7. The highest BCUT2D eigenvalue weighted by Crippen LogP contribution is 2.18. The minimum absolute atomic E-state index is 0. The van der Waals surface area contributed by atoms with E-state index in [1.54, 1.807) is 0 Å². The van der Waals surface area contributed by atoms with Crippen molar-refractivity contribution >= 4 is 5.91 Å². The molecular weight excluding hydrogens is 346 g/mol. The fourth-order valence-electron chi connectivity index (χ4n) is 1.82. The normalized spacial score (nSPS) is 11.8. The van der Waals surface area contributed by atoms with Crippen molar-refractivity contribution in [2.75, 3.05) is 7.11 Å². The van der Waals surface area contributed by atoms with Crippen LogP contribution in [-0.4, -0.2) is 24.2 Å². The maximum Gasteiger partial charge on any atom is 0.220 e. The SMILES string of the molecule is CC.CC/C=C\C/C=C\CCCC(=O)NC1CC1.CCC.CCCCC.CO.[HH]. The standard InChI is InChI=1S/C14H23NO.C5H12.C3H8.C2H6.CH4O.H2/c1-2-3-4-5-6-7-8-9-10-14(16)15-13-11-12-13;1-3-5-4-2;1-3-2;2*1-2;/h3-4,6-7,13H,2,5,8-12H2,1H3,(H,15,16);3-5H2,1-2H3;3H2,1-2H3;1-2H3;2H,1H3;1H/b4-3-,7-6-;;;;;. The number of nitrogens with one attached hydrogen (secondary N) is 1. The van der Waals surface area contributed by atoms with E-state index in [0.29, 0.717) is 12.5 Å². The highest BCUT2D eigenvalue weighted by atomic mass is 16.2. The van der Waals surface area contributed by atoms with Crippen LogP contribution in [0.2, 0.25) is 0 Å². The lowest BCUT2D eigenvalue weighted by Gasteiger charge is -2.00. The molecule has 0 bridgehead atoms. The molecule has 1 saturated carbocycles. The zero-order chi connectivity index (χ0) is 22.5. The monoisotopic (exact) mass is 401 g/mol. The summed E-state index contributed by atoms with van der Waals surface area (Å²) in [6.45, 7) is 14.8. The van der Waals surface area contributed by atoms with Crippen molar-refractivity contribution in [3.63, 3.8) is 0 Å². The van der Waals surface area contributed by atoms with Crippen molar-refractivity contribution in [2.24, 2.45) is 0 Å². The van der Waals surface area contributed by atoms with Gasteiger partial charge in [0.05, 0.1) is 0 Å². The van der Waals surface area contributed by atoms with E-state index < -0.39 is 0 Å². The van der Waals surface area contributed by atoms with Crippen LogP contribution in [0.5, 0.6) is 0 Å². The highest BCUT2D eigenvalue weighted by Gasteiger charge is 2.22. The lowest BCUT2D eigenvalue weighted by atomic mass is 10.2. The number of carbonyl (C=O) groups is 1. The quantitative estimate of drug-likeness (QED) is 0.289. The van der Waals surface area contributed by atoms with Gasteiger partial charge in [0.25, 0.3) is 0 Å². The van der Waals surface area contributed by atoms with Crippen molar-refractivity contribution in [1.82, 2.24) is 5.32 Å². The Bertz CT molecular complexity index is 312. The molecule has 1 amide bonds. The van der Waals surface area contributed by atoms with E-state index in [0.717, 1.165) is 32.8 Å². The number of amides is 1. The van der Waals surface area contributed by atoms with E-state index in [2.05, 4.69) is 64.2 Å². The number of rotatable bonds is 10. The third-order valence-electron chi connectivity index (χ3n) is 3.27. The van der Waals surface area contributed by atoms with Crippen LogP contribution in [0.4, 0.5) is 0 Å². The maximum absolute atomic E-state index is 11.3. The Kier molecular flexibility index (Phi) is 45.2. The number of hydrogen-bond donors (Lipinski definition) is 2. The molecule has 3 heteroatoms. The van der Waals surface area contributed by atoms with Crippen LogP contribution in [0.15, 0.2) is 24.3 Å². The first-order valence-electron chi connectivity index (χ1n) is 11.7. The summed E-state index contributed by atoms with van der Waals surface area (Å²) in [6, 6.07) is 0.502. The molecule has 0 aliphatic heterocycles. The zero-order valence-corrected chi connectivity index (χ0v) is 20.5. The van der Waals surface area contributed by atoms with Gasteiger partial charge in [-0.2, -0.15) is 0 Å². The van der Waals surface area contributed by atoms with Gasteiger partial charge in [0.2, 0.25) is 5.91 Å². The summed E-state index contributed by atoms with van der Waals surface area (Å²) in [5, 5.41) is 10.00. The summed E-state index contributed by atoms with van der Waals surface area (Å²) in [7, 11) is 1.00. The maximum atomic E-state index is 11.3. The van der Waals surface area contributed by atoms with Crippen LogP contribution in [0, 0.1) is 0 Å². The lowest BCUT2D eigenvalue weighted by Crippen LogP contribution is -2.24. The fourth-order valence-corrected chi connectivity index (χ4v) is 1.82. The summed E-state index contributed by atoms with van der Waals surface area (Å²) in [5.74, 6) is 0.224. The Balaban J connectivity index is -0.000000124. The van der Waals surface area contributed by atoms with Crippen molar-refractivity contribution < 1.29 is 11.3 Å². The Labute approximate surface area is 179 Å². The molecule has 0 radical (unpaired) electrons. The van der Waals surface area contributed by atoms with Crippen LogP contribution >= 0.6 is 0 Å². The molecule has 1 aliphatic carbocycles. The predicted octanol–water partition coefficient (Wildman–Crippen LogP) is 7.84. The minimum atomic E-state index is 0. The van der Waals surface area contributed by atoms with Gasteiger partial charge < -0.3 is 10.4 Å². The van der Waals surface area contributed by atoms with Gasteiger partial charge in [0.1, 0.15) is 0 Å². The molecule has 3 nitrogen and oxygen atoms in total. The molecule has 0 aromatic carbocycles. The predicted molar refractivity (Wildman–Crippen MR) is 131 cm³/mol. The molecule has 0 atom stereocenters. The van der Waals surface area contributed by atoms with E-state index in [1.165, 1.54) is 38.5 Å². The Morgan fingerprint density at radius 3 is 1.82 bits per heavy atom. The summed E-state index contributed by atoms with van der Waals surface area (Å²) < 4.78 is 0. The van der Waals surface area contributed by atoms with Gasteiger partial charge in [-0.05, 0) is 38.5 Å². The van der Waals surface area contributed by atoms with Crippen molar-refractivity contribution in [3.8, 4) is 0 Å². The third-order valence-corrected chi connectivity index (χ3v) is 3.27. The van der Waals surface area contributed by atoms with E-state index in [-0.39, 0.29) is 7.33 Å². The molecule has 0 aromatic rings. The van der Waals surface area contributed by atoms with Crippen molar-refractivity contribution in [1.29, 1.82) is 0 Å². The van der Waals surface area contributed by atoms with Gasteiger partial charge >= 0.3 is 0 Å². The van der Waals surface area contributed by atoms with Gasteiger partial charge in [-0.3, -0.25) is 4.79 Å². The van der Waals surface area contributed by atoms with Gasteiger partial charge in [0.15, 0.2) is 0 Å². The molecule has 28 heavy (non-hydrogen) atoms. The second-order valence-electron chi connectivity index (χ2n) is 6.38. The topological polar surface area (TPSA) is 49.3 Å². The molecular formula is C25H55NO2. The molecule has 172 valence electrons. The van der Waals surface area contributed by atoms with Gasteiger partial charge in [0, 0.05) is 21.0 Å². The second-order valence-corrected chi connectivity index (χ2v) is 6.38. The minimum Gasteiger partial charge on any atom is -0.400 e. The summed E-state index contributed by atoms with van der Waals surface area (Å²) in [5.41, 5.74) is 0. The van der Waals surface area contributed by atoms with Gasteiger partial charge in [-0.1, -0.05) is 98.5 Å². The fraction of sp³-hybridized carbons (Fsp3) is 0.800. The van der Waals surface area contributed by atoms with Crippen LogP contribution < -0.4 is 5.32 Å². The number of aliphatic hydroxyl groups is 1. The average molecular weight is 402 g/mol. The number of unbranched alkanes of at least 4 members (excludes halogenated alkanes) is 3. The van der Waals surface area contributed by atoms with E-state index in [9.17, 15) is 4.79 Å². The first-order chi connectivity index (χ1) is 13.7. The van der Waals surface area contributed by atoms with E-state index in [1.807, 2.05) is 13.8 Å². The molecule has 0 unspecified atom stereocenters. The Morgan fingerprint density at radius 1 is 0.929 bits per heavy atom. The molecule has 0 spiro atoms. The molecule has 1 aliphatic rings. The summed E-state index contributed by atoms with van der Waals surface area (Å²) in [6.07, 6.45) is 21.1. The number of allylic oxidation sites excluding steroid dienone is 4. The van der Waals surface area contributed by atoms with Crippen molar-refractivity contribution in [3.05, 3.63) is 24.3 Å². The molecule has 0 aromatic heterocycles. The number of carbonyl (C=O) groups excluding carboxylic acids is 1. The number of hydrogen-bond acceptors (Lipinski definition) is 2. The van der Waals surface area contributed by atoms with Gasteiger partial charge in [-0.25, -0.2) is 0 Å². The Hall–Kier alpha value is -1.09. The number of aliphatic hydroxyl groups excluding tert-OH is 1. The largest absolute Gasteiger partial charge is 0.400 e. The molecule has 1 fully saturated rings. The second kappa shape index (κ2) is 36.8. The molecule has 2 N–H and O–H groups in total. The van der Waals surface area contributed by atoms with Crippen molar-refractivity contribution in [2.45, 2.75) is 125 Å². The smallest absolute Gasteiger partial charge is 0.220 e.